The zero-order chi connectivity index (χ0) is 26.0. The lowest BCUT2D eigenvalue weighted by Crippen LogP contribution is -2.18. The highest BCUT2D eigenvalue weighted by atomic mass is 16.5. The van der Waals surface area contributed by atoms with Crippen molar-refractivity contribution in [2.24, 2.45) is 5.10 Å². The number of benzene rings is 4. The Morgan fingerprint density at radius 1 is 0.703 bits per heavy atom. The first-order chi connectivity index (χ1) is 18.0. The molecule has 4 aromatic rings. The Hall–Kier alpha value is -5.24. The summed E-state index contributed by atoms with van der Waals surface area (Å²) in [5.74, 6) is -1.00. The van der Waals surface area contributed by atoms with Gasteiger partial charge in [0.05, 0.1) is 30.0 Å². The third-order valence-corrected chi connectivity index (χ3v) is 5.14. The number of carbonyl (C=O) groups is 3. The molecule has 0 atom stereocenters. The standard InChI is InChI=1S/C29H22N2O6/c1-35-25-15-9-8-14-24(25)27(32)31-30-19-22-16-17-23(36-28(33)20-10-4-2-5-11-20)18-26(22)37-29(34)21-12-6-3-7-13-21/h2-19H,1H3,(H,31,32)/b30-19-. The SMILES string of the molecule is COc1ccccc1C(=O)N/N=C\c1ccc(OC(=O)c2ccccc2)cc1OC(=O)c1ccccc1. The number of nitrogens with one attached hydrogen (secondary N) is 1. The fourth-order valence-corrected chi connectivity index (χ4v) is 3.30. The Balaban J connectivity index is 1.56. The van der Waals surface area contributed by atoms with Crippen LogP contribution in [-0.4, -0.2) is 31.2 Å². The topological polar surface area (TPSA) is 103 Å². The van der Waals surface area contributed by atoms with E-state index in [1.54, 1.807) is 91.0 Å². The molecule has 0 aromatic heterocycles. The average molecular weight is 495 g/mol. The number of nitrogens with zero attached hydrogens (tertiary/aromatic N) is 1. The maximum absolute atomic E-state index is 12.7. The van der Waals surface area contributed by atoms with Crippen molar-refractivity contribution in [1.29, 1.82) is 0 Å². The number of amides is 1. The minimum Gasteiger partial charge on any atom is -0.496 e. The Bertz CT molecular complexity index is 1440. The fraction of sp³-hybridized carbons (Fsp3) is 0.0345. The highest BCUT2D eigenvalue weighted by Gasteiger charge is 2.15. The second-order valence-electron chi connectivity index (χ2n) is 7.61. The van der Waals surface area contributed by atoms with E-state index in [1.165, 1.54) is 25.5 Å². The van der Waals surface area contributed by atoms with Gasteiger partial charge in [-0.15, -0.1) is 0 Å². The van der Waals surface area contributed by atoms with E-state index >= 15 is 0 Å². The van der Waals surface area contributed by atoms with Gasteiger partial charge in [0.25, 0.3) is 5.91 Å². The molecule has 0 fully saturated rings. The predicted octanol–water partition coefficient (Wildman–Crippen LogP) is 4.90. The van der Waals surface area contributed by atoms with E-state index in [0.717, 1.165) is 0 Å². The van der Waals surface area contributed by atoms with E-state index in [0.29, 0.717) is 28.0 Å². The van der Waals surface area contributed by atoms with Crippen LogP contribution in [0.4, 0.5) is 0 Å². The number of hydrogen-bond acceptors (Lipinski definition) is 7. The van der Waals surface area contributed by atoms with Crippen LogP contribution in [0.25, 0.3) is 0 Å². The minimum atomic E-state index is -0.611. The molecule has 8 heteroatoms. The maximum atomic E-state index is 12.7. The third-order valence-electron chi connectivity index (χ3n) is 5.14. The van der Waals surface area contributed by atoms with Gasteiger partial charge in [-0.1, -0.05) is 48.5 Å². The Morgan fingerprint density at radius 3 is 1.95 bits per heavy atom. The van der Waals surface area contributed by atoms with E-state index in [2.05, 4.69) is 10.5 Å². The molecule has 1 amide bonds. The lowest BCUT2D eigenvalue weighted by molar-refractivity contribution is 0.0732. The van der Waals surface area contributed by atoms with Gasteiger partial charge in [0.1, 0.15) is 17.2 Å². The van der Waals surface area contributed by atoms with Crippen molar-refractivity contribution in [3.63, 3.8) is 0 Å². The van der Waals surface area contributed by atoms with Gasteiger partial charge in [-0.25, -0.2) is 15.0 Å². The van der Waals surface area contributed by atoms with Crippen LogP contribution in [0, 0.1) is 0 Å². The molecular formula is C29H22N2O6. The van der Waals surface area contributed by atoms with E-state index < -0.39 is 17.8 Å². The van der Waals surface area contributed by atoms with Crippen LogP contribution in [0.5, 0.6) is 17.2 Å². The molecule has 0 saturated heterocycles. The van der Waals surface area contributed by atoms with Gasteiger partial charge in [-0.05, 0) is 48.5 Å². The zero-order valence-electron chi connectivity index (χ0n) is 19.8. The van der Waals surface area contributed by atoms with E-state index in [-0.39, 0.29) is 11.5 Å². The summed E-state index contributed by atoms with van der Waals surface area (Å²) < 4.78 is 16.2. The molecule has 0 aliphatic heterocycles. The first-order valence-electron chi connectivity index (χ1n) is 11.2. The van der Waals surface area contributed by atoms with Crippen LogP contribution in [0.3, 0.4) is 0 Å². The molecule has 4 aromatic carbocycles. The summed E-state index contributed by atoms with van der Waals surface area (Å²) in [6.45, 7) is 0. The largest absolute Gasteiger partial charge is 0.496 e. The molecular weight excluding hydrogens is 472 g/mol. The highest BCUT2D eigenvalue weighted by Crippen LogP contribution is 2.26. The van der Waals surface area contributed by atoms with Gasteiger partial charge >= 0.3 is 11.9 Å². The maximum Gasteiger partial charge on any atom is 0.343 e. The summed E-state index contributed by atoms with van der Waals surface area (Å²) in [6, 6.07) is 28.1. The van der Waals surface area contributed by atoms with Gasteiger partial charge in [-0.2, -0.15) is 5.10 Å². The predicted molar refractivity (Wildman–Crippen MR) is 137 cm³/mol. The van der Waals surface area contributed by atoms with Gasteiger partial charge < -0.3 is 14.2 Å². The molecule has 0 spiro atoms. The summed E-state index contributed by atoms with van der Waals surface area (Å²) in [5, 5.41) is 3.99. The molecule has 0 bridgehead atoms. The normalized spacial score (nSPS) is 10.5. The van der Waals surface area contributed by atoms with Crippen molar-refractivity contribution in [3.8, 4) is 17.2 Å². The van der Waals surface area contributed by atoms with Crippen LogP contribution in [0.15, 0.2) is 108 Å². The van der Waals surface area contributed by atoms with Crippen LogP contribution < -0.4 is 19.6 Å². The van der Waals surface area contributed by atoms with Gasteiger partial charge in [0.2, 0.25) is 0 Å². The number of carbonyl (C=O) groups excluding carboxylic acids is 3. The van der Waals surface area contributed by atoms with Crippen molar-refractivity contribution in [1.82, 2.24) is 5.43 Å². The number of rotatable bonds is 8. The zero-order valence-corrected chi connectivity index (χ0v) is 19.8. The quantitative estimate of drug-likeness (QED) is 0.162. The Kier molecular flexibility index (Phi) is 8.03. The molecule has 0 heterocycles. The van der Waals surface area contributed by atoms with Crippen LogP contribution in [-0.2, 0) is 0 Å². The van der Waals surface area contributed by atoms with Gasteiger partial charge in [0, 0.05) is 11.6 Å². The summed E-state index contributed by atoms with van der Waals surface area (Å²) in [5.41, 5.74) is 3.80. The number of esters is 2. The smallest absolute Gasteiger partial charge is 0.343 e. The van der Waals surface area contributed by atoms with Crippen molar-refractivity contribution in [2.45, 2.75) is 0 Å². The Morgan fingerprint density at radius 2 is 1.30 bits per heavy atom. The van der Waals surface area contributed by atoms with E-state index in [4.69, 9.17) is 14.2 Å². The molecule has 0 aliphatic rings. The van der Waals surface area contributed by atoms with Crippen LogP contribution in [0.2, 0.25) is 0 Å². The first kappa shape index (κ1) is 24.9. The Labute approximate surface area is 213 Å². The molecule has 184 valence electrons. The first-order valence-corrected chi connectivity index (χ1v) is 11.2. The van der Waals surface area contributed by atoms with Crippen molar-refractivity contribution in [3.05, 3.63) is 125 Å². The summed E-state index contributed by atoms with van der Waals surface area (Å²) in [6.07, 6.45) is 1.32. The van der Waals surface area contributed by atoms with E-state index in [9.17, 15) is 14.4 Å². The molecule has 8 nitrogen and oxygen atoms in total. The molecule has 37 heavy (non-hydrogen) atoms. The van der Waals surface area contributed by atoms with Gasteiger partial charge in [0.15, 0.2) is 0 Å². The minimum absolute atomic E-state index is 0.0857. The lowest BCUT2D eigenvalue weighted by Gasteiger charge is -2.11. The fourth-order valence-electron chi connectivity index (χ4n) is 3.30. The van der Waals surface area contributed by atoms with Crippen molar-refractivity contribution < 1.29 is 28.6 Å². The summed E-state index contributed by atoms with van der Waals surface area (Å²) in [7, 11) is 1.47. The second-order valence-corrected chi connectivity index (χ2v) is 7.61. The number of para-hydroxylation sites is 1. The number of hydrazone groups is 1. The molecule has 4 rings (SSSR count). The summed E-state index contributed by atoms with van der Waals surface area (Å²) >= 11 is 0. The van der Waals surface area contributed by atoms with Crippen molar-refractivity contribution >= 4 is 24.1 Å². The number of methoxy groups -OCH3 is 1. The molecule has 0 saturated carbocycles. The number of hydrogen-bond donors (Lipinski definition) is 1. The van der Waals surface area contributed by atoms with Crippen LogP contribution in [0.1, 0.15) is 36.6 Å². The van der Waals surface area contributed by atoms with Crippen LogP contribution >= 0.6 is 0 Å². The average Bonchev–Trinajstić information content (AvgIpc) is 2.95. The molecule has 0 unspecified atom stereocenters. The summed E-state index contributed by atoms with van der Waals surface area (Å²) in [4.78, 5) is 37.7. The molecule has 0 aliphatic carbocycles. The lowest BCUT2D eigenvalue weighted by atomic mass is 10.2. The second kappa shape index (κ2) is 11.9. The van der Waals surface area contributed by atoms with Crippen molar-refractivity contribution in [2.75, 3.05) is 7.11 Å². The van der Waals surface area contributed by atoms with E-state index in [1.807, 2.05) is 0 Å². The monoisotopic (exact) mass is 494 g/mol. The molecule has 1 N–H and O–H groups in total. The third kappa shape index (κ3) is 6.46. The molecule has 0 radical (unpaired) electrons. The van der Waals surface area contributed by atoms with Gasteiger partial charge in [-0.3, -0.25) is 4.79 Å². The highest BCUT2D eigenvalue weighted by molar-refractivity contribution is 5.98. The number of ether oxygens (including phenoxy) is 3.